The van der Waals surface area contributed by atoms with E-state index in [2.05, 4.69) is 22.1 Å². The summed E-state index contributed by atoms with van der Waals surface area (Å²) in [5, 5.41) is 19.9. The molecular formula is C18H16N3O+. The van der Waals surface area contributed by atoms with Gasteiger partial charge in [-0.05, 0) is 30.5 Å². The number of aliphatic hydroxyl groups is 1. The fraction of sp³-hybridized carbons (Fsp3) is 0.278. The monoisotopic (exact) mass is 290 g/mol. The highest BCUT2D eigenvalue weighted by Gasteiger charge is 2.67. The van der Waals surface area contributed by atoms with Crippen molar-refractivity contribution in [1.29, 1.82) is 5.39 Å². The molecule has 4 rings (SSSR count). The molecule has 1 fully saturated rings. The molecule has 0 amide bonds. The number of benzene rings is 1. The van der Waals surface area contributed by atoms with Crippen LogP contribution in [0.15, 0.2) is 66.2 Å². The van der Waals surface area contributed by atoms with Crippen LogP contribution in [-0.2, 0) is 5.41 Å². The first-order valence-corrected chi connectivity index (χ1v) is 7.55. The van der Waals surface area contributed by atoms with Gasteiger partial charge in [0.25, 0.3) is 0 Å². The lowest BCUT2D eigenvalue weighted by atomic mass is 9.68. The van der Waals surface area contributed by atoms with E-state index in [1.807, 2.05) is 36.4 Å². The molecule has 1 aromatic heterocycles. The molecule has 0 unspecified atom stereocenters. The molecule has 108 valence electrons. The van der Waals surface area contributed by atoms with E-state index in [1.54, 1.807) is 6.20 Å². The Bertz CT molecular complexity index is 737. The number of fused-ring (bicyclic) bond motifs is 2. The van der Waals surface area contributed by atoms with Crippen LogP contribution >= 0.6 is 0 Å². The van der Waals surface area contributed by atoms with Gasteiger partial charge in [0.1, 0.15) is 0 Å². The van der Waals surface area contributed by atoms with Gasteiger partial charge in [-0.15, -0.1) is 0 Å². The third-order valence-corrected chi connectivity index (χ3v) is 5.21. The number of aromatic nitrogens is 1. The van der Waals surface area contributed by atoms with Crippen molar-refractivity contribution < 1.29 is 5.11 Å². The molecule has 0 spiro atoms. The molecule has 22 heavy (non-hydrogen) atoms. The van der Waals surface area contributed by atoms with Crippen molar-refractivity contribution in [3.05, 3.63) is 82.4 Å². The van der Waals surface area contributed by atoms with Gasteiger partial charge in [0.15, 0.2) is 10.7 Å². The molecule has 1 N–H and O–H groups in total. The van der Waals surface area contributed by atoms with E-state index in [1.165, 1.54) is 0 Å². The lowest BCUT2D eigenvalue weighted by molar-refractivity contribution is 0.292. The van der Waals surface area contributed by atoms with Gasteiger partial charge in [-0.2, -0.15) is 0 Å². The Kier molecular flexibility index (Phi) is 2.77. The fourth-order valence-electron chi connectivity index (χ4n) is 4.44. The van der Waals surface area contributed by atoms with Crippen molar-refractivity contribution in [2.75, 3.05) is 0 Å². The summed E-state index contributed by atoms with van der Waals surface area (Å²) in [4.78, 5) is 7.99. The molecule has 3 atom stereocenters. The molecule has 1 aromatic carbocycles. The van der Waals surface area contributed by atoms with Crippen molar-refractivity contribution in [2.45, 2.75) is 18.3 Å². The maximum absolute atomic E-state index is 10.5. The quantitative estimate of drug-likeness (QED) is 0.849. The van der Waals surface area contributed by atoms with Gasteiger partial charge in [0.05, 0.1) is 17.0 Å². The Balaban J connectivity index is 2.00. The minimum absolute atomic E-state index is 0.0419. The predicted octanol–water partition coefficient (Wildman–Crippen LogP) is 4.03. The molecular weight excluding hydrogens is 274 g/mol. The van der Waals surface area contributed by atoms with E-state index >= 15 is 0 Å². The summed E-state index contributed by atoms with van der Waals surface area (Å²) in [6.45, 7) is 0. The minimum Gasteiger partial charge on any atom is -0.505 e. The number of diazo groups is 1. The highest BCUT2D eigenvalue weighted by Crippen LogP contribution is 2.63. The molecule has 1 saturated carbocycles. The number of nitrogens with zero attached hydrogens (tertiary/aromatic N) is 3. The van der Waals surface area contributed by atoms with Gasteiger partial charge in [-0.3, -0.25) is 4.98 Å². The number of rotatable bonds is 2. The fourth-order valence-corrected chi connectivity index (χ4v) is 4.44. The summed E-state index contributed by atoms with van der Waals surface area (Å²) in [5.41, 5.74) is 2.03. The second-order valence-electron chi connectivity index (χ2n) is 6.00. The summed E-state index contributed by atoms with van der Waals surface area (Å²) in [6.07, 6.45) is 3.55. The zero-order valence-corrected chi connectivity index (χ0v) is 12.1. The number of hydrogen-bond acceptors (Lipinski definition) is 3. The largest absolute Gasteiger partial charge is 0.505 e. The van der Waals surface area contributed by atoms with Crippen LogP contribution in [0.3, 0.4) is 0 Å². The predicted molar refractivity (Wildman–Crippen MR) is 82.4 cm³/mol. The average Bonchev–Trinajstić information content (AvgIpc) is 3.08. The zero-order valence-electron chi connectivity index (χ0n) is 12.1. The maximum atomic E-state index is 10.5. The van der Waals surface area contributed by atoms with E-state index in [9.17, 15) is 10.5 Å². The van der Waals surface area contributed by atoms with Gasteiger partial charge in [-0.1, -0.05) is 36.4 Å². The first-order chi connectivity index (χ1) is 10.8. The normalized spacial score (nSPS) is 29.6. The molecule has 1 heterocycles. The molecule has 2 aliphatic carbocycles. The molecule has 2 aromatic rings. The highest BCUT2D eigenvalue weighted by atomic mass is 16.3. The van der Waals surface area contributed by atoms with Crippen molar-refractivity contribution in [1.82, 2.24) is 4.98 Å². The second kappa shape index (κ2) is 4.67. The smallest absolute Gasteiger partial charge is 0.403 e. The standard InChI is InChI=1S/C18H15N3O/c19-21-16-13-9-10-14(17(16)22)18(13,12-6-2-1-3-7-12)15-8-4-5-11-20-15/h1-8,11,13-14H,9-10H2/p+1/t13-,14+,18-/m1/s1. The Morgan fingerprint density at radius 1 is 1.05 bits per heavy atom. The van der Waals surface area contributed by atoms with Crippen LogP contribution in [0.1, 0.15) is 24.1 Å². The first kappa shape index (κ1) is 13.0. The Morgan fingerprint density at radius 2 is 1.77 bits per heavy atom. The summed E-state index contributed by atoms with van der Waals surface area (Å²) in [6, 6.07) is 16.0. The Morgan fingerprint density at radius 3 is 2.41 bits per heavy atom. The van der Waals surface area contributed by atoms with Gasteiger partial charge in [0.2, 0.25) is 5.39 Å². The van der Waals surface area contributed by atoms with Crippen LogP contribution < -0.4 is 0 Å². The van der Waals surface area contributed by atoms with Crippen LogP contribution in [0, 0.1) is 17.2 Å². The van der Waals surface area contributed by atoms with E-state index in [4.69, 9.17) is 0 Å². The number of aliphatic hydroxyl groups excluding tert-OH is 1. The van der Waals surface area contributed by atoms with Crippen molar-refractivity contribution in [3.63, 3.8) is 0 Å². The SMILES string of the molecule is N#[N+]C1=C(O)[C@@H]2CC[C@H]1[C@@]2(c1ccccc1)c1ccccn1. The molecule has 0 saturated heterocycles. The third-order valence-electron chi connectivity index (χ3n) is 5.21. The Labute approximate surface area is 128 Å². The summed E-state index contributed by atoms with van der Waals surface area (Å²) in [5.74, 6) is 0.0914. The second-order valence-corrected chi connectivity index (χ2v) is 6.00. The third kappa shape index (κ3) is 1.46. The molecule has 0 aliphatic heterocycles. The van der Waals surface area contributed by atoms with Crippen molar-refractivity contribution in [3.8, 4) is 0 Å². The topological polar surface area (TPSA) is 61.3 Å². The van der Waals surface area contributed by atoms with Crippen LogP contribution in [0.5, 0.6) is 0 Å². The van der Waals surface area contributed by atoms with E-state index < -0.39 is 5.41 Å². The van der Waals surface area contributed by atoms with Crippen molar-refractivity contribution >= 4 is 0 Å². The molecule has 4 heteroatoms. The maximum Gasteiger partial charge on any atom is 0.403 e. The Hall–Kier alpha value is -2.67. The first-order valence-electron chi connectivity index (χ1n) is 7.55. The molecule has 2 aliphatic rings. The number of pyridine rings is 1. The van der Waals surface area contributed by atoms with Gasteiger partial charge >= 0.3 is 5.70 Å². The zero-order chi connectivity index (χ0) is 15.2. The summed E-state index contributed by atoms with van der Waals surface area (Å²) in [7, 11) is 0. The van der Waals surface area contributed by atoms with Crippen LogP contribution in [-0.4, -0.2) is 10.1 Å². The minimum atomic E-state index is -0.436. The highest BCUT2D eigenvalue weighted by molar-refractivity contribution is 5.51. The van der Waals surface area contributed by atoms with Gasteiger partial charge in [-0.25, -0.2) is 0 Å². The molecule has 0 radical (unpaired) electrons. The number of allylic oxidation sites excluding steroid dienone is 2. The number of hydrogen-bond donors (Lipinski definition) is 1. The average molecular weight is 290 g/mol. The van der Waals surface area contributed by atoms with Crippen LogP contribution in [0.25, 0.3) is 4.98 Å². The summed E-state index contributed by atoms with van der Waals surface area (Å²) >= 11 is 0. The van der Waals surface area contributed by atoms with E-state index in [0.717, 1.165) is 24.1 Å². The van der Waals surface area contributed by atoms with Gasteiger partial charge in [0, 0.05) is 12.1 Å². The lowest BCUT2D eigenvalue weighted by Gasteiger charge is -2.33. The van der Waals surface area contributed by atoms with E-state index in [-0.39, 0.29) is 17.6 Å². The lowest BCUT2D eigenvalue weighted by Crippen LogP contribution is -2.35. The molecule has 4 nitrogen and oxygen atoms in total. The van der Waals surface area contributed by atoms with Crippen LogP contribution in [0.2, 0.25) is 0 Å². The summed E-state index contributed by atoms with van der Waals surface area (Å²) < 4.78 is 0. The van der Waals surface area contributed by atoms with Crippen LogP contribution in [0.4, 0.5) is 0 Å². The molecule has 2 bridgehead atoms. The van der Waals surface area contributed by atoms with Crippen molar-refractivity contribution in [2.24, 2.45) is 11.8 Å². The van der Waals surface area contributed by atoms with E-state index in [0.29, 0.717) is 5.70 Å². The van der Waals surface area contributed by atoms with Gasteiger partial charge < -0.3 is 5.11 Å².